The number of allylic oxidation sites excluding steroid dienone is 4. The van der Waals surface area contributed by atoms with Gasteiger partial charge in [0.2, 0.25) is 11.8 Å². The molecule has 1 heterocycles. The van der Waals surface area contributed by atoms with Crippen molar-refractivity contribution in [3.63, 3.8) is 0 Å². The summed E-state index contributed by atoms with van der Waals surface area (Å²) in [5.74, 6) is -0.395. The van der Waals surface area contributed by atoms with E-state index < -0.39 is 0 Å². The Kier molecular flexibility index (Phi) is 6.43. The van der Waals surface area contributed by atoms with Crippen LogP contribution in [0.1, 0.15) is 46.5 Å². The summed E-state index contributed by atoms with van der Waals surface area (Å²) in [5, 5.41) is 0. The fourth-order valence-electron chi connectivity index (χ4n) is 2.78. The highest BCUT2D eigenvalue weighted by Crippen LogP contribution is 2.35. The van der Waals surface area contributed by atoms with Crippen molar-refractivity contribution in [3.8, 4) is 0 Å². The molecule has 0 spiro atoms. The predicted octanol–water partition coefficient (Wildman–Crippen LogP) is 3.83. The minimum absolute atomic E-state index is 0.0443. The second-order valence-electron chi connectivity index (χ2n) is 5.11. The summed E-state index contributed by atoms with van der Waals surface area (Å²) in [4.78, 5) is 26.5. The molecule has 1 fully saturated rings. The molecule has 0 aromatic heterocycles. The van der Waals surface area contributed by atoms with Gasteiger partial charge in [-0.05, 0) is 25.8 Å². The smallest absolute Gasteiger partial charge is 0.237 e. The summed E-state index contributed by atoms with van der Waals surface area (Å²) in [6, 6.07) is 0. The van der Waals surface area contributed by atoms with Gasteiger partial charge in [0.25, 0.3) is 0 Å². The Labute approximate surface area is 122 Å². The van der Waals surface area contributed by atoms with Crippen LogP contribution >= 0.6 is 0 Å². The van der Waals surface area contributed by atoms with Crippen LogP contribution in [-0.2, 0) is 9.59 Å². The van der Waals surface area contributed by atoms with E-state index in [1.807, 2.05) is 6.92 Å². The molecule has 0 saturated carbocycles. The Bertz CT molecular complexity index is 410. The molecule has 0 N–H and O–H groups in total. The Morgan fingerprint density at radius 1 is 1.15 bits per heavy atom. The summed E-state index contributed by atoms with van der Waals surface area (Å²) in [6.07, 6.45) is 10.4. The summed E-state index contributed by atoms with van der Waals surface area (Å²) in [5.41, 5.74) is 0.652. The zero-order chi connectivity index (χ0) is 15.1. The monoisotopic (exact) mass is 275 g/mol. The van der Waals surface area contributed by atoms with Crippen molar-refractivity contribution in [1.82, 2.24) is 4.90 Å². The van der Waals surface area contributed by atoms with E-state index >= 15 is 0 Å². The maximum Gasteiger partial charge on any atom is 0.237 e. The first-order chi connectivity index (χ1) is 9.62. The summed E-state index contributed by atoms with van der Waals surface area (Å²) < 4.78 is 0. The molecule has 1 aliphatic rings. The number of amides is 2. The Balaban J connectivity index is 3.08. The van der Waals surface area contributed by atoms with Crippen LogP contribution in [0.2, 0.25) is 0 Å². The number of rotatable bonds is 7. The van der Waals surface area contributed by atoms with E-state index in [1.54, 1.807) is 24.3 Å². The lowest BCUT2D eigenvalue weighted by atomic mass is 9.88. The van der Waals surface area contributed by atoms with Crippen LogP contribution in [0.25, 0.3) is 0 Å². The maximum atomic E-state index is 12.6. The molecule has 0 aliphatic carbocycles. The molecule has 1 aliphatic heterocycles. The molecule has 3 heteroatoms. The number of imide groups is 1. The van der Waals surface area contributed by atoms with Crippen LogP contribution in [0.15, 0.2) is 36.6 Å². The predicted molar refractivity (Wildman–Crippen MR) is 81.7 cm³/mol. The number of carbonyl (C=O) groups excluding carboxylic acids is 2. The van der Waals surface area contributed by atoms with Crippen LogP contribution < -0.4 is 0 Å². The van der Waals surface area contributed by atoms with Crippen LogP contribution in [0.4, 0.5) is 0 Å². The van der Waals surface area contributed by atoms with Crippen molar-refractivity contribution in [2.75, 3.05) is 0 Å². The van der Waals surface area contributed by atoms with Gasteiger partial charge in [-0.3, -0.25) is 14.5 Å². The molecule has 0 aromatic rings. The van der Waals surface area contributed by atoms with Crippen molar-refractivity contribution in [1.29, 1.82) is 0 Å². The van der Waals surface area contributed by atoms with Gasteiger partial charge in [-0.2, -0.15) is 0 Å². The molecule has 2 unspecified atom stereocenters. The maximum absolute atomic E-state index is 12.6. The van der Waals surface area contributed by atoms with Gasteiger partial charge < -0.3 is 0 Å². The van der Waals surface area contributed by atoms with E-state index in [9.17, 15) is 9.59 Å². The molecular weight excluding hydrogens is 250 g/mol. The van der Waals surface area contributed by atoms with Crippen LogP contribution in [0, 0.1) is 11.8 Å². The van der Waals surface area contributed by atoms with Crippen molar-refractivity contribution in [3.05, 3.63) is 36.6 Å². The van der Waals surface area contributed by atoms with Crippen molar-refractivity contribution in [2.45, 2.75) is 46.5 Å². The molecule has 1 rings (SSSR count). The van der Waals surface area contributed by atoms with Crippen LogP contribution in [0.5, 0.6) is 0 Å². The lowest BCUT2D eigenvalue weighted by Crippen LogP contribution is -2.29. The molecule has 1 saturated heterocycles. The first-order valence-electron chi connectivity index (χ1n) is 7.45. The lowest BCUT2D eigenvalue weighted by Gasteiger charge is -2.15. The van der Waals surface area contributed by atoms with E-state index in [4.69, 9.17) is 0 Å². The summed E-state index contributed by atoms with van der Waals surface area (Å²) in [7, 11) is 0. The molecule has 20 heavy (non-hydrogen) atoms. The summed E-state index contributed by atoms with van der Waals surface area (Å²) in [6.45, 7) is 9.56. The minimum atomic E-state index is -0.153. The van der Waals surface area contributed by atoms with Gasteiger partial charge in [-0.25, -0.2) is 0 Å². The van der Waals surface area contributed by atoms with E-state index in [0.717, 1.165) is 25.7 Å². The number of hydrogen-bond donors (Lipinski definition) is 0. The molecule has 0 aromatic carbocycles. The number of nitrogens with zero attached hydrogens (tertiary/aromatic N) is 1. The fraction of sp³-hybridized carbons (Fsp3) is 0.529. The van der Waals surface area contributed by atoms with Gasteiger partial charge in [0.1, 0.15) is 0 Å². The average Bonchev–Trinajstić information content (AvgIpc) is 2.66. The topological polar surface area (TPSA) is 37.4 Å². The molecule has 2 amide bonds. The second-order valence-corrected chi connectivity index (χ2v) is 5.11. The fourth-order valence-corrected chi connectivity index (χ4v) is 2.78. The number of carbonyl (C=O) groups is 2. The van der Waals surface area contributed by atoms with Gasteiger partial charge >= 0.3 is 0 Å². The standard InChI is InChI=1S/C17H25NO2/c1-5-9-12-13(8-4)18-16(19)14(10-6-2)15(11-7-3)17(18)20/h5,8-9,12,14-15H,1,6-7,10-11H2,2-4H3/b12-9-,13-8+. The quantitative estimate of drug-likeness (QED) is 0.523. The van der Waals surface area contributed by atoms with Gasteiger partial charge in [-0.1, -0.05) is 51.5 Å². The molecule has 0 bridgehead atoms. The average molecular weight is 275 g/mol. The van der Waals surface area contributed by atoms with E-state index in [-0.39, 0.29) is 23.7 Å². The third kappa shape index (κ3) is 3.27. The third-order valence-corrected chi connectivity index (χ3v) is 3.72. The van der Waals surface area contributed by atoms with Crippen molar-refractivity contribution in [2.24, 2.45) is 11.8 Å². The zero-order valence-corrected chi connectivity index (χ0v) is 12.8. The Morgan fingerprint density at radius 2 is 1.65 bits per heavy atom. The largest absolute Gasteiger partial charge is 0.274 e. The van der Waals surface area contributed by atoms with Gasteiger partial charge in [-0.15, -0.1) is 0 Å². The normalized spacial score (nSPS) is 23.9. The third-order valence-electron chi connectivity index (χ3n) is 3.72. The molecule has 110 valence electrons. The zero-order valence-electron chi connectivity index (χ0n) is 12.8. The Morgan fingerprint density at radius 3 is 2.00 bits per heavy atom. The highest BCUT2D eigenvalue weighted by atomic mass is 16.2. The van der Waals surface area contributed by atoms with Crippen LogP contribution in [0.3, 0.4) is 0 Å². The molecule has 2 atom stereocenters. The SMILES string of the molecule is C=C/C=C\C(=C/C)N1C(=O)C(CCC)C(CCC)C1=O. The minimum Gasteiger partial charge on any atom is -0.274 e. The Hall–Kier alpha value is -1.64. The number of likely N-dealkylation sites (tertiary alicyclic amines) is 1. The highest BCUT2D eigenvalue weighted by Gasteiger charge is 2.46. The highest BCUT2D eigenvalue weighted by molar-refractivity contribution is 6.07. The molecule has 0 radical (unpaired) electrons. The van der Waals surface area contributed by atoms with Gasteiger partial charge in [0, 0.05) is 5.70 Å². The van der Waals surface area contributed by atoms with Crippen LogP contribution in [-0.4, -0.2) is 16.7 Å². The first-order valence-corrected chi connectivity index (χ1v) is 7.45. The van der Waals surface area contributed by atoms with E-state index in [2.05, 4.69) is 20.4 Å². The van der Waals surface area contributed by atoms with E-state index in [1.165, 1.54) is 4.90 Å². The molecular formula is C17H25NO2. The van der Waals surface area contributed by atoms with Crippen molar-refractivity contribution < 1.29 is 9.59 Å². The summed E-state index contributed by atoms with van der Waals surface area (Å²) >= 11 is 0. The first kappa shape index (κ1) is 16.4. The molecule has 3 nitrogen and oxygen atoms in total. The second kappa shape index (κ2) is 7.83. The number of hydrogen-bond acceptors (Lipinski definition) is 2. The van der Waals surface area contributed by atoms with Crippen molar-refractivity contribution >= 4 is 11.8 Å². The van der Waals surface area contributed by atoms with Gasteiger partial charge in [0.15, 0.2) is 0 Å². The van der Waals surface area contributed by atoms with E-state index in [0.29, 0.717) is 5.70 Å². The lowest BCUT2D eigenvalue weighted by molar-refractivity contribution is -0.137. The van der Waals surface area contributed by atoms with Gasteiger partial charge in [0.05, 0.1) is 11.8 Å².